The van der Waals surface area contributed by atoms with Crippen LogP contribution in [0.1, 0.15) is 12.5 Å². The van der Waals surface area contributed by atoms with Crippen molar-refractivity contribution in [2.75, 3.05) is 11.9 Å². The number of benzene rings is 1. The van der Waals surface area contributed by atoms with Gasteiger partial charge in [0, 0.05) is 30.2 Å². The molecule has 0 fully saturated rings. The van der Waals surface area contributed by atoms with Crippen LogP contribution >= 0.6 is 0 Å². The van der Waals surface area contributed by atoms with Gasteiger partial charge in [0.15, 0.2) is 5.82 Å². The number of aryl methyl sites for hydroxylation is 1. The molecule has 1 aromatic carbocycles. The van der Waals surface area contributed by atoms with Crippen LogP contribution in [-0.2, 0) is 0 Å². The van der Waals surface area contributed by atoms with Crippen LogP contribution in [0.4, 0.5) is 5.69 Å². The van der Waals surface area contributed by atoms with Crippen molar-refractivity contribution in [2.24, 2.45) is 0 Å². The summed E-state index contributed by atoms with van der Waals surface area (Å²) in [5.41, 5.74) is 3.24. The van der Waals surface area contributed by atoms with E-state index in [1.807, 2.05) is 43.6 Å². The topological polar surface area (TPSA) is 37.8 Å². The number of rotatable bonds is 3. The SMILES string of the molecule is CCNc1ccc(-c2ncc(C)cn2)cc1. The second kappa shape index (κ2) is 4.75. The fourth-order valence-corrected chi connectivity index (χ4v) is 1.48. The third-order valence-electron chi connectivity index (χ3n) is 2.30. The molecular weight excluding hydrogens is 198 g/mol. The molecule has 2 rings (SSSR count). The van der Waals surface area contributed by atoms with Crippen LogP contribution in [0, 0.1) is 6.92 Å². The molecule has 82 valence electrons. The summed E-state index contributed by atoms with van der Waals surface area (Å²) in [5, 5.41) is 3.25. The molecule has 0 atom stereocenters. The van der Waals surface area contributed by atoms with E-state index < -0.39 is 0 Å². The Balaban J connectivity index is 2.24. The molecule has 0 saturated heterocycles. The molecule has 2 aromatic rings. The van der Waals surface area contributed by atoms with Crippen LogP contribution in [0.2, 0.25) is 0 Å². The van der Waals surface area contributed by atoms with Gasteiger partial charge in [0.1, 0.15) is 0 Å². The van der Waals surface area contributed by atoms with E-state index in [-0.39, 0.29) is 0 Å². The summed E-state index contributed by atoms with van der Waals surface area (Å²) in [6.07, 6.45) is 3.67. The smallest absolute Gasteiger partial charge is 0.159 e. The third kappa shape index (κ3) is 2.37. The minimum absolute atomic E-state index is 0.772. The average molecular weight is 213 g/mol. The molecule has 0 bridgehead atoms. The first kappa shape index (κ1) is 10.6. The van der Waals surface area contributed by atoms with Gasteiger partial charge in [-0.25, -0.2) is 9.97 Å². The number of nitrogens with one attached hydrogen (secondary N) is 1. The molecule has 0 amide bonds. The molecule has 3 heteroatoms. The second-order valence-corrected chi connectivity index (χ2v) is 3.69. The van der Waals surface area contributed by atoms with E-state index in [1.54, 1.807) is 0 Å². The third-order valence-corrected chi connectivity index (χ3v) is 2.30. The molecule has 1 heterocycles. The lowest BCUT2D eigenvalue weighted by Crippen LogP contribution is -1.96. The lowest BCUT2D eigenvalue weighted by atomic mass is 10.2. The second-order valence-electron chi connectivity index (χ2n) is 3.69. The molecular formula is C13H15N3. The van der Waals surface area contributed by atoms with E-state index in [2.05, 4.69) is 22.2 Å². The van der Waals surface area contributed by atoms with Crippen molar-refractivity contribution in [2.45, 2.75) is 13.8 Å². The Bertz CT molecular complexity index is 446. The number of hydrogen-bond donors (Lipinski definition) is 1. The van der Waals surface area contributed by atoms with Crippen molar-refractivity contribution in [1.29, 1.82) is 0 Å². The Kier molecular flexibility index (Phi) is 3.15. The molecule has 0 radical (unpaired) electrons. The Morgan fingerprint density at radius 3 is 2.25 bits per heavy atom. The van der Waals surface area contributed by atoms with Gasteiger partial charge in [0.05, 0.1) is 0 Å². The molecule has 16 heavy (non-hydrogen) atoms. The van der Waals surface area contributed by atoms with Crippen molar-refractivity contribution in [3.63, 3.8) is 0 Å². The molecule has 1 N–H and O–H groups in total. The number of aromatic nitrogens is 2. The monoisotopic (exact) mass is 213 g/mol. The molecule has 0 spiro atoms. The summed E-state index contributed by atoms with van der Waals surface area (Å²) in [5.74, 6) is 0.772. The Labute approximate surface area is 95.6 Å². The zero-order valence-corrected chi connectivity index (χ0v) is 9.57. The molecule has 0 aliphatic heterocycles. The van der Waals surface area contributed by atoms with Crippen LogP contribution < -0.4 is 5.32 Å². The summed E-state index contributed by atoms with van der Waals surface area (Å²) < 4.78 is 0. The molecule has 0 saturated carbocycles. The van der Waals surface area contributed by atoms with Crippen LogP contribution in [0.25, 0.3) is 11.4 Å². The van der Waals surface area contributed by atoms with Crippen molar-refractivity contribution < 1.29 is 0 Å². The quantitative estimate of drug-likeness (QED) is 0.851. The van der Waals surface area contributed by atoms with Gasteiger partial charge in [-0.1, -0.05) is 0 Å². The molecule has 3 nitrogen and oxygen atoms in total. The summed E-state index contributed by atoms with van der Waals surface area (Å²) in [4.78, 5) is 8.59. The zero-order valence-electron chi connectivity index (χ0n) is 9.57. The lowest BCUT2D eigenvalue weighted by molar-refractivity contribution is 1.14. The van der Waals surface area contributed by atoms with Gasteiger partial charge in [-0.15, -0.1) is 0 Å². The standard InChI is InChI=1S/C13H15N3/c1-3-14-12-6-4-11(5-7-12)13-15-8-10(2)9-16-13/h4-9,14H,3H2,1-2H3. The van der Waals surface area contributed by atoms with Gasteiger partial charge < -0.3 is 5.32 Å². The summed E-state index contributed by atoms with van der Waals surface area (Å²) >= 11 is 0. The van der Waals surface area contributed by atoms with E-state index in [0.29, 0.717) is 0 Å². The highest BCUT2D eigenvalue weighted by Gasteiger charge is 1.99. The zero-order chi connectivity index (χ0) is 11.4. The van der Waals surface area contributed by atoms with Gasteiger partial charge in [-0.2, -0.15) is 0 Å². The van der Waals surface area contributed by atoms with Gasteiger partial charge >= 0.3 is 0 Å². The fraction of sp³-hybridized carbons (Fsp3) is 0.231. The predicted octanol–water partition coefficient (Wildman–Crippen LogP) is 2.88. The Morgan fingerprint density at radius 2 is 1.69 bits per heavy atom. The van der Waals surface area contributed by atoms with Crippen LogP contribution in [-0.4, -0.2) is 16.5 Å². The summed E-state index contributed by atoms with van der Waals surface area (Å²) in [6, 6.07) is 8.15. The van der Waals surface area contributed by atoms with Crippen molar-refractivity contribution in [1.82, 2.24) is 9.97 Å². The molecule has 0 unspecified atom stereocenters. The van der Waals surface area contributed by atoms with E-state index in [0.717, 1.165) is 29.2 Å². The average Bonchev–Trinajstić information content (AvgIpc) is 2.32. The van der Waals surface area contributed by atoms with E-state index >= 15 is 0 Å². The first-order valence-corrected chi connectivity index (χ1v) is 5.42. The van der Waals surface area contributed by atoms with Gasteiger partial charge in [-0.3, -0.25) is 0 Å². The predicted molar refractivity (Wildman–Crippen MR) is 66.4 cm³/mol. The summed E-state index contributed by atoms with van der Waals surface area (Å²) in [7, 11) is 0. The summed E-state index contributed by atoms with van der Waals surface area (Å²) in [6.45, 7) is 5.00. The van der Waals surface area contributed by atoms with Gasteiger partial charge in [-0.05, 0) is 43.7 Å². The van der Waals surface area contributed by atoms with Crippen LogP contribution in [0.5, 0.6) is 0 Å². The van der Waals surface area contributed by atoms with Gasteiger partial charge in [0.25, 0.3) is 0 Å². The minimum Gasteiger partial charge on any atom is -0.385 e. The minimum atomic E-state index is 0.772. The number of hydrogen-bond acceptors (Lipinski definition) is 3. The highest BCUT2D eigenvalue weighted by Crippen LogP contribution is 2.17. The molecule has 1 aromatic heterocycles. The van der Waals surface area contributed by atoms with Crippen molar-refractivity contribution in [3.8, 4) is 11.4 Å². The number of anilines is 1. The maximum atomic E-state index is 4.29. The molecule has 0 aliphatic carbocycles. The van der Waals surface area contributed by atoms with E-state index in [1.165, 1.54) is 0 Å². The van der Waals surface area contributed by atoms with Crippen molar-refractivity contribution >= 4 is 5.69 Å². The number of nitrogens with zero attached hydrogens (tertiary/aromatic N) is 2. The largest absolute Gasteiger partial charge is 0.385 e. The first-order chi connectivity index (χ1) is 7.79. The Hall–Kier alpha value is -1.90. The lowest BCUT2D eigenvalue weighted by Gasteiger charge is -2.04. The maximum Gasteiger partial charge on any atom is 0.159 e. The van der Waals surface area contributed by atoms with E-state index in [4.69, 9.17) is 0 Å². The first-order valence-electron chi connectivity index (χ1n) is 5.42. The fourth-order valence-electron chi connectivity index (χ4n) is 1.48. The normalized spacial score (nSPS) is 10.1. The van der Waals surface area contributed by atoms with Crippen LogP contribution in [0.15, 0.2) is 36.7 Å². The van der Waals surface area contributed by atoms with Crippen molar-refractivity contribution in [3.05, 3.63) is 42.2 Å². The van der Waals surface area contributed by atoms with Crippen LogP contribution in [0.3, 0.4) is 0 Å². The Morgan fingerprint density at radius 1 is 1.06 bits per heavy atom. The van der Waals surface area contributed by atoms with Gasteiger partial charge in [0.2, 0.25) is 0 Å². The highest BCUT2D eigenvalue weighted by molar-refractivity contribution is 5.59. The van der Waals surface area contributed by atoms with E-state index in [9.17, 15) is 0 Å². The maximum absolute atomic E-state index is 4.29. The molecule has 0 aliphatic rings. The highest BCUT2D eigenvalue weighted by atomic mass is 14.9.